The zero-order valence-electron chi connectivity index (χ0n) is 9.95. The lowest BCUT2D eigenvalue weighted by Crippen LogP contribution is -2.49. The summed E-state index contributed by atoms with van der Waals surface area (Å²) in [5.41, 5.74) is 5.85. The van der Waals surface area contributed by atoms with E-state index in [0.29, 0.717) is 13.0 Å². The van der Waals surface area contributed by atoms with Crippen molar-refractivity contribution in [3.63, 3.8) is 0 Å². The van der Waals surface area contributed by atoms with Crippen LogP contribution in [0.4, 0.5) is 0 Å². The second-order valence-electron chi connectivity index (χ2n) is 4.10. The number of nitrogens with one attached hydrogen (secondary N) is 1. The van der Waals surface area contributed by atoms with Gasteiger partial charge in [0.25, 0.3) is 0 Å². The Labute approximate surface area is 101 Å². The molecule has 16 heavy (non-hydrogen) atoms. The van der Waals surface area contributed by atoms with Crippen LogP contribution in [0.25, 0.3) is 0 Å². The molecule has 0 fully saturated rings. The number of carbonyl (C=O) groups is 1. The smallest absolute Gasteiger partial charge is 0.225 e. The standard InChI is InChI=1S/C12H20N2OS/c1-3-12(13,4-2)9-14-11(15)8-10-6-5-7-16-10/h5-7H,3-4,8-9,13H2,1-2H3,(H,14,15). The summed E-state index contributed by atoms with van der Waals surface area (Å²) in [6.45, 7) is 4.66. The quantitative estimate of drug-likeness (QED) is 0.798. The van der Waals surface area contributed by atoms with Gasteiger partial charge in [-0.05, 0) is 24.3 Å². The van der Waals surface area contributed by atoms with Crippen LogP contribution < -0.4 is 11.1 Å². The highest BCUT2D eigenvalue weighted by Crippen LogP contribution is 2.11. The normalized spacial score (nSPS) is 11.4. The number of hydrogen-bond donors (Lipinski definition) is 2. The van der Waals surface area contributed by atoms with Gasteiger partial charge in [0.2, 0.25) is 5.91 Å². The first-order valence-corrected chi connectivity index (χ1v) is 6.55. The first-order chi connectivity index (χ1) is 7.59. The van der Waals surface area contributed by atoms with Gasteiger partial charge in [-0.15, -0.1) is 11.3 Å². The minimum atomic E-state index is -0.259. The number of rotatable bonds is 6. The first-order valence-electron chi connectivity index (χ1n) is 5.67. The Morgan fingerprint density at radius 3 is 2.69 bits per heavy atom. The van der Waals surface area contributed by atoms with Crippen LogP contribution in [0.5, 0.6) is 0 Å². The largest absolute Gasteiger partial charge is 0.354 e. The lowest BCUT2D eigenvalue weighted by Gasteiger charge is -2.26. The molecule has 3 nitrogen and oxygen atoms in total. The highest BCUT2D eigenvalue weighted by Gasteiger charge is 2.20. The van der Waals surface area contributed by atoms with E-state index in [2.05, 4.69) is 19.2 Å². The lowest BCUT2D eigenvalue weighted by molar-refractivity contribution is -0.120. The van der Waals surface area contributed by atoms with Crippen LogP contribution in [-0.2, 0) is 11.2 Å². The number of amides is 1. The number of nitrogens with two attached hydrogens (primary N) is 1. The van der Waals surface area contributed by atoms with E-state index in [1.54, 1.807) is 11.3 Å². The van der Waals surface area contributed by atoms with E-state index >= 15 is 0 Å². The van der Waals surface area contributed by atoms with E-state index < -0.39 is 0 Å². The monoisotopic (exact) mass is 240 g/mol. The van der Waals surface area contributed by atoms with Crippen molar-refractivity contribution in [2.45, 2.75) is 38.6 Å². The Hall–Kier alpha value is -0.870. The Kier molecular flexibility index (Phi) is 4.96. The Balaban J connectivity index is 2.35. The molecule has 0 atom stereocenters. The fourth-order valence-corrected chi connectivity index (χ4v) is 2.11. The predicted octanol–water partition coefficient (Wildman–Crippen LogP) is 1.92. The van der Waals surface area contributed by atoms with Gasteiger partial charge in [0.1, 0.15) is 0 Å². The molecule has 0 bridgehead atoms. The van der Waals surface area contributed by atoms with E-state index in [4.69, 9.17) is 5.73 Å². The topological polar surface area (TPSA) is 55.1 Å². The average molecular weight is 240 g/mol. The summed E-state index contributed by atoms with van der Waals surface area (Å²) in [6.07, 6.45) is 2.22. The third kappa shape index (κ3) is 3.94. The van der Waals surface area contributed by atoms with Crippen LogP contribution in [0.3, 0.4) is 0 Å². The molecule has 4 heteroatoms. The van der Waals surface area contributed by atoms with Crippen molar-refractivity contribution < 1.29 is 4.79 Å². The SMILES string of the molecule is CCC(N)(CC)CNC(=O)Cc1cccs1. The Morgan fingerprint density at radius 2 is 2.19 bits per heavy atom. The first kappa shape index (κ1) is 13.2. The lowest BCUT2D eigenvalue weighted by atomic mass is 9.94. The van der Waals surface area contributed by atoms with Gasteiger partial charge in [-0.2, -0.15) is 0 Å². The third-order valence-electron chi connectivity index (χ3n) is 2.96. The predicted molar refractivity (Wildman–Crippen MR) is 68.5 cm³/mol. The van der Waals surface area contributed by atoms with Gasteiger partial charge >= 0.3 is 0 Å². The second-order valence-corrected chi connectivity index (χ2v) is 5.13. The molecular formula is C12H20N2OS. The fraction of sp³-hybridized carbons (Fsp3) is 0.583. The van der Waals surface area contributed by atoms with Crippen molar-refractivity contribution in [1.29, 1.82) is 0 Å². The van der Waals surface area contributed by atoms with Gasteiger partial charge in [-0.1, -0.05) is 19.9 Å². The van der Waals surface area contributed by atoms with Crippen molar-refractivity contribution in [2.24, 2.45) is 5.73 Å². The Bertz CT molecular complexity index is 318. The molecule has 0 radical (unpaired) electrons. The zero-order chi connectivity index (χ0) is 12.0. The van der Waals surface area contributed by atoms with Gasteiger partial charge in [-0.3, -0.25) is 4.79 Å². The average Bonchev–Trinajstić information content (AvgIpc) is 2.79. The van der Waals surface area contributed by atoms with Crippen LogP contribution in [0.15, 0.2) is 17.5 Å². The Morgan fingerprint density at radius 1 is 1.50 bits per heavy atom. The third-order valence-corrected chi connectivity index (χ3v) is 3.84. The molecule has 0 saturated heterocycles. The summed E-state index contributed by atoms with van der Waals surface area (Å²) in [5.74, 6) is 0.0548. The van der Waals surface area contributed by atoms with Gasteiger partial charge in [0.15, 0.2) is 0 Å². The maximum atomic E-state index is 11.6. The molecule has 1 aromatic heterocycles. The van der Waals surface area contributed by atoms with Crippen LogP contribution in [0, 0.1) is 0 Å². The molecular weight excluding hydrogens is 220 g/mol. The molecule has 90 valence electrons. The molecule has 1 heterocycles. The minimum Gasteiger partial charge on any atom is -0.354 e. The molecule has 1 aromatic rings. The number of hydrogen-bond acceptors (Lipinski definition) is 3. The molecule has 0 aromatic carbocycles. The molecule has 0 spiro atoms. The molecule has 0 aliphatic carbocycles. The highest BCUT2D eigenvalue weighted by atomic mass is 32.1. The molecule has 1 amide bonds. The summed E-state index contributed by atoms with van der Waals surface area (Å²) in [6, 6.07) is 3.93. The maximum absolute atomic E-state index is 11.6. The van der Waals surface area contributed by atoms with Crippen LogP contribution in [0.1, 0.15) is 31.6 Å². The van der Waals surface area contributed by atoms with Gasteiger partial charge in [0, 0.05) is 17.0 Å². The molecule has 0 unspecified atom stereocenters. The van der Waals surface area contributed by atoms with Crippen molar-refractivity contribution in [3.8, 4) is 0 Å². The molecule has 3 N–H and O–H groups in total. The van der Waals surface area contributed by atoms with Crippen molar-refractivity contribution >= 4 is 17.2 Å². The van der Waals surface area contributed by atoms with E-state index in [-0.39, 0.29) is 11.4 Å². The van der Waals surface area contributed by atoms with E-state index in [1.807, 2.05) is 17.5 Å². The second kappa shape index (κ2) is 6.01. The molecule has 0 saturated carbocycles. The summed E-state index contributed by atoms with van der Waals surface area (Å²) in [7, 11) is 0. The van der Waals surface area contributed by atoms with Gasteiger partial charge < -0.3 is 11.1 Å². The van der Waals surface area contributed by atoms with Crippen molar-refractivity contribution in [1.82, 2.24) is 5.32 Å². The zero-order valence-corrected chi connectivity index (χ0v) is 10.8. The van der Waals surface area contributed by atoms with Crippen molar-refractivity contribution in [2.75, 3.05) is 6.54 Å². The van der Waals surface area contributed by atoms with Crippen LogP contribution in [0.2, 0.25) is 0 Å². The van der Waals surface area contributed by atoms with Crippen LogP contribution >= 0.6 is 11.3 Å². The van der Waals surface area contributed by atoms with Gasteiger partial charge in [0.05, 0.1) is 6.42 Å². The summed E-state index contributed by atoms with van der Waals surface area (Å²) in [5, 5.41) is 4.89. The summed E-state index contributed by atoms with van der Waals surface area (Å²) in [4.78, 5) is 12.7. The number of carbonyl (C=O) groups excluding carboxylic acids is 1. The summed E-state index contributed by atoms with van der Waals surface area (Å²) < 4.78 is 0. The summed E-state index contributed by atoms with van der Waals surface area (Å²) >= 11 is 1.60. The molecule has 1 rings (SSSR count). The minimum absolute atomic E-state index is 0.0548. The van der Waals surface area contributed by atoms with Gasteiger partial charge in [-0.25, -0.2) is 0 Å². The van der Waals surface area contributed by atoms with E-state index in [1.165, 1.54) is 0 Å². The fourth-order valence-electron chi connectivity index (χ4n) is 1.41. The van der Waals surface area contributed by atoms with Crippen molar-refractivity contribution in [3.05, 3.63) is 22.4 Å². The molecule has 0 aliphatic rings. The molecule has 0 aliphatic heterocycles. The number of thiophene rings is 1. The van der Waals surface area contributed by atoms with E-state index in [9.17, 15) is 4.79 Å². The maximum Gasteiger partial charge on any atom is 0.225 e. The van der Waals surface area contributed by atoms with Crippen LogP contribution in [-0.4, -0.2) is 18.0 Å². The van der Waals surface area contributed by atoms with E-state index in [0.717, 1.165) is 17.7 Å². The highest BCUT2D eigenvalue weighted by molar-refractivity contribution is 7.10.